The van der Waals surface area contributed by atoms with Crippen molar-refractivity contribution in [2.45, 2.75) is 5.16 Å². The van der Waals surface area contributed by atoms with Crippen molar-refractivity contribution >= 4 is 23.4 Å². The Morgan fingerprint density at radius 1 is 0.966 bits per heavy atom. The van der Waals surface area contributed by atoms with E-state index in [2.05, 4.69) is 20.8 Å². The molecule has 1 aromatic heterocycles. The number of thioether (sulfide) groups is 1. The van der Waals surface area contributed by atoms with E-state index < -0.39 is 0 Å². The van der Waals surface area contributed by atoms with Crippen LogP contribution in [0.5, 0.6) is 0 Å². The molecule has 0 saturated carbocycles. The molecule has 144 valence electrons. The van der Waals surface area contributed by atoms with Crippen molar-refractivity contribution in [3.8, 4) is 16.8 Å². The molecule has 0 bridgehead atoms. The Morgan fingerprint density at radius 2 is 1.72 bits per heavy atom. The molecule has 0 fully saturated rings. The van der Waals surface area contributed by atoms with Crippen LogP contribution in [-0.2, 0) is 4.79 Å². The number of carbonyl (C=O) groups is 1. The van der Waals surface area contributed by atoms with Crippen LogP contribution in [0.2, 0.25) is 0 Å². The minimum Gasteiger partial charge on any atom is -0.325 e. The van der Waals surface area contributed by atoms with E-state index >= 15 is 0 Å². The summed E-state index contributed by atoms with van der Waals surface area (Å²) < 4.78 is 14.8. The Bertz CT molecular complexity index is 1120. The van der Waals surface area contributed by atoms with Gasteiger partial charge in [0.05, 0.1) is 11.4 Å². The second kappa shape index (κ2) is 8.66. The molecule has 6 nitrogen and oxygen atoms in total. The van der Waals surface area contributed by atoms with Crippen LogP contribution in [0.15, 0.2) is 84.0 Å². The Balaban J connectivity index is 1.37. The molecule has 8 heteroatoms. The van der Waals surface area contributed by atoms with Crippen LogP contribution in [0.3, 0.4) is 0 Å². The first-order valence-electron chi connectivity index (χ1n) is 8.81. The van der Waals surface area contributed by atoms with E-state index in [1.165, 1.54) is 28.6 Å². The Morgan fingerprint density at radius 3 is 2.48 bits per heavy atom. The summed E-state index contributed by atoms with van der Waals surface area (Å²) >= 11 is 1.17. The third-order valence-electron chi connectivity index (χ3n) is 4.10. The van der Waals surface area contributed by atoms with Crippen LogP contribution in [0.25, 0.3) is 16.8 Å². The number of hydrogen-bond donors (Lipinski definition) is 1. The van der Waals surface area contributed by atoms with Gasteiger partial charge < -0.3 is 5.32 Å². The first-order valence-corrected chi connectivity index (χ1v) is 9.80. The van der Waals surface area contributed by atoms with Crippen molar-refractivity contribution in [3.63, 3.8) is 0 Å². The molecule has 1 amide bonds. The SMILES string of the molecule is O=C(CSc1nnnn1-c1cccc(F)c1)Nc1ccc(-c2ccccc2)cc1. The second-order valence-electron chi connectivity index (χ2n) is 6.13. The number of aromatic nitrogens is 4. The van der Waals surface area contributed by atoms with E-state index in [-0.39, 0.29) is 17.5 Å². The van der Waals surface area contributed by atoms with Crippen molar-refractivity contribution in [3.05, 3.63) is 84.7 Å². The summed E-state index contributed by atoms with van der Waals surface area (Å²) in [4.78, 5) is 12.3. The minimum absolute atomic E-state index is 0.121. The number of anilines is 1. The number of rotatable bonds is 6. The summed E-state index contributed by atoms with van der Waals surface area (Å²) in [6.07, 6.45) is 0. The molecule has 4 aromatic rings. The molecule has 1 heterocycles. The zero-order valence-corrected chi connectivity index (χ0v) is 16.0. The average molecular weight is 405 g/mol. The molecule has 29 heavy (non-hydrogen) atoms. The topological polar surface area (TPSA) is 72.7 Å². The molecule has 1 N–H and O–H groups in total. The highest BCUT2D eigenvalue weighted by atomic mass is 32.2. The van der Waals surface area contributed by atoms with E-state index in [0.717, 1.165) is 11.1 Å². The lowest BCUT2D eigenvalue weighted by Gasteiger charge is -2.07. The lowest BCUT2D eigenvalue weighted by molar-refractivity contribution is -0.113. The number of tetrazole rings is 1. The second-order valence-corrected chi connectivity index (χ2v) is 7.08. The normalized spacial score (nSPS) is 10.7. The van der Waals surface area contributed by atoms with Crippen molar-refractivity contribution in [1.82, 2.24) is 20.2 Å². The van der Waals surface area contributed by atoms with Gasteiger partial charge in [-0.1, -0.05) is 60.3 Å². The predicted molar refractivity (Wildman–Crippen MR) is 110 cm³/mol. The fraction of sp³-hybridized carbons (Fsp3) is 0.0476. The smallest absolute Gasteiger partial charge is 0.234 e. The number of hydrogen-bond acceptors (Lipinski definition) is 5. The van der Waals surface area contributed by atoms with E-state index in [1.54, 1.807) is 12.1 Å². The van der Waals surface area contributed by atoms with Crippen molar-refractivity contribution in [2.24, 2.45) is 0 Å². The van der Waals surface area contributed by atoms with Gasteiger partial charge in [-0.05, 0) is 51.9 Å². The van der Waals surface area contributed by atoms with Gasteiger partial charge in [-0.3, -0.25) is 4.79 Å². The predicted octanol–water partition coefficient (Wildman–Crippen LogP) is 4.20. The number of nitrogens with zero attached hydrogens (tertiary/aromatic N) is 4. The lowest BCUT2D eigenvalue weighted by Crippen LogP contribution is -2.14. The third-order valence-corrected chi connectivity index (χ3v) is 5.02. The fourth-order valence-corrected chi connectivity index (χ4v) is 3.43. The van der Waals surface area contributed by atoms with Gasteiger partial charge in [-0.2, -0.15) is 4.68 Å². The van der Waals surface area contributed by atoms with Gasteiger partial charge in [0.1, 0.15) is 5.82 Å². The maximum atomic E-state index is 13.4. The number of nitrogens with one attached hydrogen (secondary N) is 1. The van der Waals surface area contributed by atoms with E-state index in [0.29, 0.717) is 16.5 Å². The first kappa shape index (κ1) is 18.8. The zero-order valence-electron chi connectivity index (χ0n) is 15.2. The highest BCUT2D eigenvalue weighted by molar-refractivity contribution is 7.99. The molecule has 0 saturated heterocycles. The maximum Gasteiger partial charge on any atom is 0.234 e. The van der Waals surface area contributed by atoms with E-state index in [9.17, 15) is 9.18 Å². The average Bonchev–Trinajstić information content (AvgIpc) is 3.22. The summed E-state index contributed by atoms with van der Waals surface area (Å²) in [6, 6.07) is 23.6. The molecular formula is C21H16FN5OS. The van der Waals surface area contributed by atoms with Gasteiger partial charge in [-0.15, -0.1) is 5.10 Å². The van der Waals surface area contributed by atoms with Crippen LogP contribution >= 0.6 is 11.8 Å². The largest absolute Gasteiger partial charge is 0.325 e. The molecule has 0 aliphatic heterocycles. The highest BCUT2D eigenvalue weighted by Crippen LogP contribution is 2.22. The summed E-state index contributed by atoms with van der Waals surface area (Å²) in [7, 11) is 0. The van der Waals surface area contributed by atoms with Crippen LogP contribution in [-0.4, -0.2) is 31.9 Å². The third kappa shape index (κ3) is 4.67. The Labute approximate surface area is 170 Å². The van der Waals surface area contributed by atoms with Gasteiger partial charge in [0, 0.05) is 5.69 Å². The van der Waals surface area contributed by atoms with Crippen molar-refractivity contribution < 1.29 is 9.18 Å². The molecule has 0 radical (unpaired) electrons. The molecular weight excluding hydrogens is 389 g/mol. The molecule has 0 atom stereocenters. The highest BCUT2D eigenvalue weighted by Gasteiger charge is 2.12. The Kier molecular flexibility index (Phi) is 5.62. The molecule has 3 aromatic carbocycles. The standard InChI is InChI=1S/C21H16FN5OS/c22-17-7-4-8-19(13-17)27-21(24-25-26-27)29-14-20(28)23-18-11-9-16(10-12-18)15-5-2-1-3-6-15/h1-13H,14H2,(H,23,28). The summed E-state index contributed by atoms with van der Waals surface area (Å²) in [5.74, 6) is -0.447. The van der Waals surface area contributed by atoms with Crippen LogP contribution in [0, 0.1) is 5.82 Å². The quantitative estimate of drug-likeness (QED) is 0.487. The molecule has 0 unspecified atom stereocenters. The first-order chi connectivity index (χ1) is 14.2. The summed E-state index contributed by atoms with van der Waals surface area (Å²) in [5.41, 5.74) is 3.40. The van der Waals surface area contributed by atoms with Crippen LogP contribution in [0.1, 0.15) is 0 Å². The number of halogens is 1. The van der Waals surface area contributed by atoms with E-state index in [4.69, 9.17) is 0 Å². The Hall–Kier alpha value is -3.52. The van der Waals surface area contributed by atoms with Gasteiger partial charge in [0.15, 0.2) is 0 Å². The number of carbonyl (C=O) groups excluding carboxylic acids is 1. The van der Waals surface area contributed by atoms with Gasteiger partial charge in [0.2, 0.25) is 11.1 Å². The molecule has 0 aliphatic carbocycles. The van der Waals surface area contributed by atoms with Crippen LogP contribution in [0.4, 0.5) is 10.1 Å². The molecule has 0 aliphatic rings. The van der Waals surface area contributed by atoms with Gasteiger partial charge >= 0.3 is 0 Å². The van der Waals surface area contributed by atoms with Crippen LogP contribution < -0.4 is 5.32 Å². The minimum atomic E-state index is -0.384. The number of amides is 1. The summed E-state index contributed by atoms with van der Waals surface area (Å²) in [6.45, 7) is 0. The van der Waals surface area contributed by atoms with E-state index in [1.807, 2.05) is 54.6 Å². The van der Waals surface area contributed by atoms with Gasteiger partial charge in [0.25, 0.3) is 0 Å². The zero-order chi connectivity index (χ0) is 20.1. The van der Waals surface area contributed by atoms with Crippen molar-refractivity contribution in [2.75, 3.05) is 11.1 Å². The van der Waals surface area contributed by atoms with Crippen molar-refractivity contribution in [1.29, 1.82) is 0 Å². The lowest BCUT2D eigenvalue weighted by atomic mass is 10.1. The summed E-state index contributed by atoms with van der Waals surface area (Å²) in [5, 5.41) is 14.7. The maximum absolute atomic E-state index is 13.4. The number of benzene rings is 3. The molecule has 4 rings (SSSR count). The monoisotopic (exact) mass is 405 g/mol. The molecule has 0 spiro atoms. The van der Waals surface area contributed by atoms with Gasteiger partial charge in [-0.25, -0.2) is 4.39 Å². The fourth-order valence-electron chi connectivity index (χ4n) is 2.74.